The average molecular weight is 572 g/mol. The Bertz CT molecular complexity index is 989. The number of aliphatic hydroxyl groups excluding tert-OH is 2. The lowest BCUT2D eigenvalue weighted by Gasteiger charge is -2.30. The topological polar surface area (TPSA) is 224 Å². The van der Waals surface area contributed by atoms with E-state index in [1.54, 1.807) is 0 Å². The van der Waals surface area contributed by atoms with E-state index in [0.29, 0.717) is 6.42 Å². The Kier molecular flexibility index (Phi) is 12.8. The van der Waals surface area contributed by atoms with Crippen LogP contribution < -0.4 is 11.4 Å². The van der Waals surface area contributed by atoms with E-state index in [4.69, 9.17) is 24.8 Å². The molecule has 1 aliphatic rings. The molecule has 37 heavy (non-hydrogen) atoms. The summed E-state index contributed by atoms with van der Waals surface area (Å²) in [4.78, 5) is 43.4. The van der Waals surface area contributed by atoms with Crippen LogP contribution in [0.4, 0.5) is 5.82 Å². The van der Waals surface area contributed by atoms with Crippen LogP contribution in [0.25, 0.3) is 0 Å². The molecule has 0 amide bonds. The van der Waals surface area contributed by atoms with Crippen LogP contribution in [0.15, 0.2) is 17.1 Å². The quantitative estimate of drug-likeness (QED) is 0.117. The highest BCUT2D eigenvalue weighted by Crippen LogP contribution is 2.58. The highest BCUT2D eigenvalue weighted by Gasteiger charge is 2.45. The maximum absolute atomic E-state index is 12.2. The lowest BCUT2D eigenvalue weighted by Crippen LogP contribution is -2.43. The van der Waals surface area contributed by atoms with Crippen molar-refractivity contribution < 1.29 is 47.6 Å². The van der Waals surface area contributed by atoms with Gasteiger partial charge in [-0.05, 0) is 12.5 Å². The van der Waals surface area contributed by atoms with Gasteiger partial charge in [-0.15, -0.1) is 0 Å². The molecule has 2 rings (SSSR count). The van der Waals surface area contributed by atoms with Crippen LogP contribution >= 0.6 is 15.6 Å². The minimum absolute atomic E-state index is 0.00504. The van der Waals surface area contributed by atoms with Crippen LogP contribution in [0, 0.1) is 0 Å². The van der Waals surface area contributed by atoms with E-state index in [1.807, 2.05) is 0 Å². The molecular weight excluding hydrogens is 532 g/mol. The number of aliphatic hydroxyl groups is 2. The van der Waals surface area contributed by atoms with Crippen molar-refractivity contribution in [2.75, 3.05) is 5.73 Å². The lowest BCUT2D eigenvalue weighted by atomic mass is 9.98. The van der Waals surface area contributed by atoms with Gasteiger partial charge in [0.15, 0.2) is 0 Å². The third kappa shape index (κ3) is 11.2. The van der Waals surface area contributed by atoms with Crippen LogP contribution in [0.2, 0.25) is 0 Å². The van der Waals surface area contributed by atoms with E-state index in [2.05, 4.69) is 16.2 Å². The first-order valence-corrected chi connectivity index (χ1v) is 15.5. The first kappa shape index (κ1) is 32.0. The molecule has 1 aromatic rings. The molecule has 16 heteroatoms. The molecule has 214 valence electrons. The predicted molar refractivity (Wildman–Crippen MR) is 133 cm³/mol. The summed E-state index contributed by atoms with van der Waals surface area (Å²) in [6.07, 6.45) is 3.32. The van der Waals surface area contributed by atoms with E-state index >= 15 is 0 Å². The zero-order valence-corrected chi connectivity index (χ0v) is 22.7. The monoisotopic (exact) mass is 571 g/mol. The molecule has 0 bridgehead atoms. The first-order chi connectivity index (χ1) is 17.3. The van der Waals surface area contributed by atoms with E-state index in [-0.39, 0.29) is 18.7 Å². The normalized spacial score (nSPS) is 23.6. The summed E-state index contributed by atoms with van der Waals surface area (Å²) in [5.41, 5.74) is 4.75. The summed E-state index contributed by atoms with van der Waals surface area (Å²) in [6, 6.07) is 1.36. The molecule has 7 N–H and O–H groups in total. The van der Waals surface area contributed by atoms with Gasteiger partial charge >= 0.3 is 21.3 Å². The van der Waals surface area contributed by atoms with Gasteiger partial charge in [0.2, 0.25) is 0 Å². The number of ether oxygens (including phenoxy) is 1. The van der Waals surface area contributed by atoms with Crippen molar-refractivity contribution in [1.29, 1.82) is 0 Å². The van der Waals surface area contributed by atoms with Gasteiger partial charge in [-0.25, -0.2) is 13.9 Å². The van der Waals surface area contributed by atoms with Crippen LogP contribution in [0.3, 0.4) is 0 Å². The standard InChI is InChI=1S/C21H39N3O11P2/c1-2-3-4-5-6-7-8-9-10-11-16(34-37(31,32)35-36(28,29)30)19(26)20-15(25)14-18(33-20)24-13-12-17(22)23-21(24)27/h12-13,15-16,18-20,25-26H,2-11,14H2,1H3,(H,31,32)(H2,22,23,27)(H2,28,29,30)/t15-,16?,18+,19?,20-/m0/s1. The number of hydrogen-bond acceptors (Lipinski definition) is 10. The molecular formula is C21H39N3O11P2. The molecule has 0 saturated carbocycles. The number of anilines is 1. The molecule has 0 radical (unpaired) electrons. The van der Waals surface area contributed by atoms with Crippen LogP contribution in [0.1, 0.15) is 83.8 Å². The van der Waals surface area contributed by atoms with Gasteiger partial charge in [-0.3, -0.25) is 9.09 Å². The fourth-order valence-electron chi connectivity index (χ4n) is 4.28. The molecule has 1 aliphatic heterocycles. The summed E-state index contributed by atoms with van der Waals surface area (Å²) in [5.74, 6) is -0.00504. The largest absolute Gasteiger partial charge is 0.481 e. The van der Waals surface area contributed by atoms with Gasteiger partial charge in [0.25, 0.3) is 0 Å². The maximum Gasteiger partial charge on any atom is 0.481 e. The van der Waals surface area contributed by atoms with Crippen molar-refractivity contribution >= 4 is 21.5 Å². The van der Waals surface area contributed by atoms with Crippen LogP contribution in [-0.2, 0) is 22.7 Å². The van der Waals surface area contributed by atoms with E-state index < -0.39 is 52.0 Å². The van der Waals surface area contributed by atoms with Crippen molar-refractivity contribution in [2.45, 2.75) is 108 Å². The predicted octanol–water partition coefficient (Wildman–Crippen LogP) is 2.35. The Morgan fingerprint density at radius 3 is 2.30 bits per heavy atom. The smallest absolute Gasteiger partial charge is 0.390 e. The van der Waals surface area contributed by atoms with Gasteiger partial charge in [0.05, 0.1) is 12.2 Å². The lowest BCUT2D eigenvalue weighted by molar-refractivity contribution is -0.119. The molecule has 1 aromatic heterocycles. The Morgan fingerprint density at radius 1 is 1.14 bits per heavy atom. The number of nitrogens with zero attached hydrogens (tertiary/aromatic N) is 2. The molecule has 2 heterocycles. The summed E-state index contributed by atoms with van der Waals surface area (Å²) >= 11 is 0. The number of unbranched alkanes of at least 4 members (excludes halogenated alkanes) is 8. The number of phosphoric ester groups is 1. The minimum Gasteiger partial charge on any atom is -0.390 e. The van der Waals surface area contributed by atoms with E-state index in [1.165, 1.54) is 25.1 Å². The van der Waals surface area contributed by atoms with Crippen molar-refractivity contribution in [1.82, 2.24) is 9.55 Å². The molecule has 1 fully saturated rings. The molecule has 0 aromatic carbocycles. The van der Waals surface area contributed by atoms with Crippen molar-refractivity contribution in [3.63, 3.8) is 0 Å². The third-order valence-electron chi connectivity index (χ3n) is 6.09. The number of nitrogens with two attached hydrogens (primary N) is 1. The first-order valence-electron chi connectivity index (χ1n) is 12.5. The zero-order chi connectivity index (χ0) is 27.6. The summed E-state index contributed by atoms with van der Waals surface area (Å²) in [6.45, 7) is 2.15. The second-order valence-corrected chi connectivity index (χ2v) is 12.0. The highest BCUT2D eigenvalue weighted by molar-refractivity contribution is 7.60. The second-order valence-electron chi connectivity index (χ2n) is 9.19. The number of nitrogen functional groups attached to an aromatic ring is 1. The number of aromatic nitrogens is 2. The number of rotatable bonds is 17. The SMILES string of the molecule is CCCCCCCCCCCC(OP(=O)(O)OP(=O)(O)O)C(O)[C@H]1O[C@@H](n2ccc(N)nc2=O)C[C@@H]1O. The highest BCUT2D eigenvalue weighted by atomic mass is 31.3. The average Bonchev–Trinajstić information content (AvgIpc) is 3.16. The summed E-state index contributed by atoms with van der Waals surface area (Å²) in [5, 5.41) is 21.4. The van der Waals surface area contributed by atoms with Gasteiger partial charge in [0.1, 0.15) is 24.3 Å². The van der Waals surface area contributed by atoms with Crippen LogP contribution in [-0.4, -0.2) is 58.9 Å². The van der Waals surface area contributed by atoms with Gasteiger partial charge in [0, 0.05) is 12.6 Å². The Balaban J connectivity index is 2.03. The van der Waals surface area contributed by atoms with Gasteiger partial charge < -0.3 is 35.4 Å². The Labute approximate surface area is 215 Å². The molecule has 14 nitrogen and oxygen atoms in total. The maximum atomic E-state index is 12.2. The van der Waals surface area contributed by atoms with E-state index in [0.717, 1.165) is 43.1 Å². The van der Waals surface area contributed by atoms with Crippen molar-refractivity contribution in [3.8, 4) is 0 Å². The van der Waals surface area contributed by atoms with Gasteiger partial charge in [-0.2, -0.15) is 9.29 Å². The second kappa shape index (κ2) is 14.8. The Morgan fingerprint density at radius 2 is 1.73 bits per heavy atom. The summed E-state index contributed by atoms with van der Waals surface area (Å²) in [7, 11) is -10.7. The van der Waals surface area contributed by atoms with Gasteiger partial charge in [-0.1, -0.05) is 64.7 Å². The molecule has 0 spiro atoms. The molecule has 6 atom stereocenters. The van der Waals surface area contributed by atoms with Crippen molar-refractivity contribution in [3.05, 3.63) is 22.7 Å². The molecule has 3 unspecified atom stereocenters. The fourth-order valence-corrected chi connectivity index (χ4v) is 6.08. The van der Waals surface area contributed by atoms with Crippen molar-refractivity contribution in [2.24, 2.45) is 0 Å². The minimum atomic E-state index is -5.38. The molecule has 0 aliphatic carbocycles. The number of hydrogen-bond donors (Lipinski definition) is 6. The number of phosphoric acid groups is 2. The zero-order valence-electron chi connectivity index (χ0n) is 20.9. The Hall–Kier alpha value is -1.18. The van der Waals surface area contributed by atoms with E-state index in [9.17, 15) is 29.0 Å². The summed E-state index contributed by atoms with van der Waals surface area (Å²) < 4.78 is 38.9. The molecule has 1 saturated heterocycles. The van der Waals surface area contributed by atoms with Crippen LogP contribution in [0.5, 0.6) is 0 Å². The fraction of sp³-hybridized carbons (Fsp3) is 0.810. The third-order valence-corrected chi connectivity index (χ3v) is 8.30.